The third-order valence-electron chi connectivity index (χ3n) is 6.03. The number of unbranched alkanes of at least 4 members (excludes halogenated alkanes) is 2. The number of alkyl halides is 1. The number of hydrogen-bond donors (Lipinski definition) is 0. The summed E-state index contributed by atoms with van der Waals surface area (Å²) >= 11 is 0. The lowest BCUT2D eigenvalue weighted by atomic mass is 9.76. The number of fused-ring (bicyclic) bond motifs is 3. The second-order valence-corrected chi connectivity index (χ2v) is 7.60. The molecule has 4 rings (SSSR count). The highest BCUT2D eigenvalue weighted by molar-refractivity contribution is 5.62. The van der Waals surface area contributed by atoms with Crippen molar-refractivity contribution in [2.75, 3.05) is 0 Å². The number of halogens is 1. The number of rotatable bonds is 5. The first-order valence-electron chi connectivity index (χ1n) is 9.40. The van der Waals surface area contributed by atoms with E-state index in [1.807, 2.05) is 18.2 Å². The summed E-state index contributed by atoms with van der Waals surface area (Å²) in [5.41, 5.74) is 3.13. The summed E-state index contributed by atoms with van der Waals surface area (Å²) in [4.78, 5) is 0. The van der Waals surface area contributed by atoms with Crippen LogP contribution in [0.15, 0.2) is 24.3 Å². The molecule has 2 aliphatic carbocycles. The Labute approximate surface area is 138 Å². The molecule has 1 saturated carbocycles. The fourth-order valence-corrected chi connectivity index (χ4v) is 4.47. The molecule has 1 nitrogen and oxygen atoms in total. The summed E-state index contributed by atoms with van der Waals surface area (Å²) in [5.74, 6) is 0.0640. The van der Waals surface area contributed by atoms with Gasteiger partial charge in [-0.2, -0.15) is 0 Å². The molecule has 1 saturated heterocycles. The smallest absolute Gasteiger partial charge is 0.267 e. The quantitative estimate of drug-likeness (QED) is 0.473. The monoisotopic (exact) mass is 314 g/mol. The average molecular weight is 314 g/mol. The van der Waals surface area contributed by atoms with Crippen LogP contribution in [-0.2, 0) is 10.6 Å². The van der Waals surface area contributed by atoms with Crippen molar-refractivity contribution in [1.29, 1.82) is 0 Å². The molecule has 2 atom stereocenters. The van der Waals surface area contributed by atoms with Crippen molar-refractivity contribution in [2.24, 2.45) is 5.92 Å². The van der Waals surface area contributed by atoms with E-state index in [4.69, 9.17) is 4.74 Å². The summed E-state index contributed by atoms with van der Waals surface area (Å²) in [6.45, 7) is 2.28. The molecule has 1 aromatic rings. The number of hydrogen-bond acceptors (Lipinski definition) is 1. The van der Waals surface area contributed by atoms with Gasteiger partial charge in [-0.3, -0.25) is 0 Å². The van der Waals surface area contributed by atoms with Crippen molar-refractivity contribution < 1.29 is 9.13 Å². The molecule has 2 unspecified atom stereocenters. The van der Waals surface area contributed by atoms with Gasteiger partial charge in [-0.05, 0) is 54.7 Å². The Morgan fingerprint density at radius 1 is 1.17 bits per heavy atom. The third kappa shape index (κ3) is 2.87. The highest BCUT2D eigenvalue weighted by Gasteiger charge is 2.60. The lowest BCUT2D eigenvalue weighted by Crippen LogP contribution is -2.15. The molecule has 0 spiro atoms. The van der Waals surface area contributed by atoms with Crippen LogP contribution in [0.4, 0.5) is 4.39 Å². The largest absolute Gasteiger partial charge is 0.326 e. The predicted molar refractivity (Wildman–Crippen MR) is 92.0 cm³/mol. The van der Waals surface area contributed by atoms with Gasteiger partial charge in [0.05, 0.1) is 0 Å². The van der Waals surface area contributed by atoms with Crippen LogP contribution in [0.3, 0.4) is 0 Å². The zero-order valence-electron chi connectivity index (χ0n) is 14.1. The SMILES string of the molecule is CCCCCC1CCC(c2ccc3c(c2)C=CC2OC32F)CC1. The van der Waals surface area contributed by atoms with E-state index < -0.39 is 5.85 Å². The second-order valence-electron chi connectivity index (χ2n) is 7.60. The van der Waals surface area contributed by atoms with E-state index in [1.54, 1.807) is 0 Å². The van der Waals surface area contributed by atoms with Crippen LogP contribution in [0.2, 0.25) is 0 Å². The second kappa shape index (κ2) is 6.05. The lowest BCUT2D eigenvalue weighted by Gasteiger charge is -2.29. The Bertz CT molecular complexity index is 600. The highest BCUT2D eigenvalue weighted by Crippen LogP contribution is 2.53. The molecule has 0 aromatic heterocycles. The van der Waals surface area contributed by atoms with Crippen LogP contribution in [0.1, 0.15) is 80.9 Å². The molecule has 0 N–H and O–H groups in total. The first kappa shape index (κ1) is 15.4. The third-order valence-corrected chi connectivity index (χ3v) is 6.03. The minimum Gasteiger partial charge on any atom is -0.326 e. The lowest BCUT2D eigenvalue weighted by molar-refractivity contribution is 0.141. The van der Waals surface area contributed by atoms with Crippen LogP contribution in [0.5, 0.6) is 0 Å². The van der Waals surface area contributed by atoms with Gasteiger partial charge in [-0.25, -0.2) is 4.39 Å². The maximum atomic E-state index is 14.4. The summed E-state index contributed by atoms with van der Waals surface area (Å²) in [6.07, 6.45) is 14.4. The summed E-state index contributed by atoms with van der Waals surface area (Å²) in [6, 6.07) is 6.30. The van der Waals surface area contributed by atoms with Crippen LogP contribution >= 0.6 is 0 Å². The van der Waals surface area contributed by atoms with Crippen molar-refractivity contribution in [2.45, 2.75) is 76.2 Å². The normalized spacial score (nSPS) is 34.8. The maximum absolute atomic E-state index is 14.4. The fraction of sp³-hybridized carbons (Fsp3) is 0.619. The Morgan fingerprint density at radius 3 is 2.78 bits per heavy atom. The van der Waals surface area contributed by atoms with Crippen LogP contribution in [-0.4, -0.2) is 6.10 Å². The van der Waals surface area contributed by atoms with Gasteiger partial charge in [0, 0.05) is 5.56 Å². The molecule has 1 heterocycles. The van der Waals surface area contributed by atoms with Gasteiger partial charge in [0.25, 0.3) is 5.85 Å². The van der Waals surface area contributed by atoms with Gasteiger partial charge >= 0.3 is 0 Å². The molecule has 0 bridgehead atoms. The summed E-state index contributed by atoms with van der Waals surface area (Å²) < 4.78 is 19.6. The first-order valence-corrected chi connectivity index (χ1v) is 9.40. The van der Waals surface area contributed by atoms with E-state index >= 15 is 0 Å². The van der Waals surface area contributed by atoms with Crippen molar-refractivity contribution >= 4 is 6.08 Å². The Hall–Kier alpha value is -1.15. The highest BCUT2D eigenvalue weighted by atomic mass is 19.2. The van der Waals surface area contributed by atoms with Crippen LogP contribution in [0.25, 0.3) is 6.08 Å². The van der Waals surface area contributed by atoms with Gasteiger partial charge in [0.2, 0.25) is 0 Å². The Kier molecular flexibility index (Phi) is 4.05. The number of benzene rings is 1. The van der Waals surface area contributed by atoms with Crippen molar-refractivity contribution in [3.63, 3.8) is 0 Å². The molecular weight excluding hydrogens is 287 g/mol. The molecule has 1 aromatic carbocycles. The van der Waals surface area contributed by atoms with Gasteiger partial charge in [0.15, 0.2) is 0 Å². The van der Waals surface area contributed by atoms with E-state index in [0.717, 1.165) is 17.0 Å². The predicted octanol–water partition coefficient (Wildman–Crippen LogP) is 6.09. The minimum absolute atomic E-state index is 0.348. The van der Waals surface area contributed by atoms with E-state index in [9.17, 15) is 4.39 Å². The van der Waals surface area contributed by atoms with Gasteiger partial charge in [0.1, 0.15) is 6.10 Å². The zero-order chi connectivity index (χ0) is 15.9. The van der Waals surface area contributed by atoms with Crippen LogP contribution in [0, 0.1) is 5.92 Å². The first-order chi connectivity index (χ1) is 11.2. The van der Waals surface area contributed by atoms with Crippen molar-refractivity contribution in [3.8, 4) is 0 Å². The molecule has 23 heavy (non-hydrogen) atoms. The Morgan fingerprint density at radius 2 is 2.00 bits per heavy atom. The maximum Gasteiger partial charge on any atom is 0.267 e. The van der Waals surface area contributed by atoms with E-state index in [1.165, 1.54) is 56.9 Å². The summed E-state index contributed by atoms with van der Waals surface area (Å²) in [7, 11) is 0. The zero-order valence-corrected chi connectivity index (χ0v) is 14.1. The van der Waals surface area contributed by atoms with Gasteiger partial charge in [-0.15, -0.1) is 0 Å². The number of epoxide rings is 1. The topological polar surface area (TPSA) is 12.5 Å². The van der Waals surface area contributed by atoms with E-state index in [-0.39, 0.29) is 6.10 Å². The average Bonchev–Trinajstić information content (AvgIpc) is 3.27. The molecule has 3 aliphatic rings. The minimum atomic E-state index is -1.53. The van der Waals surface area contributed by atoms with Crippen molar-refractivity contribution in [1.82, 2.24) is 0 Å². The van der Waals surface area contributed by atoms with Gasteiger partial charge in [-0.1, -0.05) is 56.9 Å². The molecule has 1 aliphatic heterocycles. The molecule has 0 amide bonds. The number of ether oxygens (including phenoxy) is 1. The van der Waals surface area contributed by atoms with E-state index in [2.05, 4.69) is 19.1 Å². The fourth-order valence-electron chi connectivity index (χ4n) is 4.47. The van der Waals surface area contributed by atoms with Gasteiger partial charge < -0.3 is 4.74 Å². The molecule has 0 radical (unpaired) electrons. The molecule has 2 heteroatoms. The summed E-state index contributed by atoms with van der Waals surface area (Å²) in [5, 5.41) is 0. The molecular formula is C21H27FO. The van der Waals surface area contributed by atoms with E-state index in [0.29, 0.717) is 5.92 Å². The molecule has 2 fully saturated rings. The Balaban J connectivity index is 1.40. The standard InChI is InChI=1S/C21H27FO/c1-2-3-4-5-15-6-8-16(9-7-15)17-10-12-19-18(14-17)11-13-20-21(19,22)23-20/h10-16,20H,2-9H2,1H3. The molecule has 124 valence electrons. The van der Waals surface area contributed by atoms with Crippen LogP contribution < -0.4 is 0 Å². The van der Waals surface area contributed by atoms with Crippen molar-refractivity contribution in [3.05, 3.63) is 41.0 Å².